The van der Waals surface area contributed by atoms with Gasteiger partial charge in [-0.15, -0.1) is 11.3 Å². The molecule has 3 heteroatoms. The summed E-state index contributed by atoms with van der Waals surface area (Å²) in [6.07, 6.45) is 0.965. The molecule has 2 nitrogen and oxygen atoms in total. The molecule has 1 aromatic heterocycles. The molecule has 1 heterocycles. The fourth-order valence-electron chi connectivity index (χ4n) is 1.56. The number of aryl methyl sites for hydroxylation is 1. The van der Waals surface area contributed by atoms with Crippen molar-refractivity contribution >= 4 is 11.3 Å². The van der Waals surface area contributed by atoms with Crippen LogP contribution < -0.4 is 0 Å². The second-order valence-electron chi connectivity index (χ2n) is 3.69. The molecule has 0 aliphatic carbocycles. The van der Waals surface area contributed by atoms with Crippen molar-refractivity contribution in [2.75, 3.05) is 13.7 Å². The van der Waals surface area contributed by atoms with Crippen molar-refractivity contribution in [1.82, 2.24) is 4.98 Å². The first-order valence-corrected chi connectivity index (χ1v) is 6.18. The molecule has 16 heavy (non-hydrogen) atoms. The summed E-state index contributed by atoms with van der Waals surface area (Å²) in [4.78, 5) is 4.47. The maximum absolute atomic E-state index is 5.05. The summed E-state index contributed by atoms with van der Waals surface area (Å²) in [5, 5.41) is 3.21. The van der Waals surface area contributed by atoms with Crippen molar-refractivity contribution in [2.45, 2.75) is 13.3 Å². The standard InChI is InChI=1S/C13H15NOS/c1-10-14-13(9-16-10)12-5-3-11(4-6-12)7-8-15-2/h3-6,9H,7-8H2,1-2H3. The Balaban J connectivity index is 2.13. The third-order valence-corrected chi connectivity index (χ3v) is 3.24. The van der Waals surface area contributed by atoms with Crippen LogP contribution in [0.3, 0.4) is 0 Å². The molecule has 0 bridgehead atoms. The highest BCUT2D eigenvalue weighted by atomic mass is 32.1. The van der Waals surface area contributed by atoms with E-state index in [2.05, 4.69) is 34.6 Å². The van der Waals surface area contributed by atoms with Crippen LogP contribution in [-0.4, -0.2) is 18.7 Å². The summed E-state index contributed by atoms with van der Waals surface area (Å²) < 4.78 is 5.05. The molecule has 0 amide bonds. The molecule has 0 aliphatic heterocycles. The van der Waals surface area contributed by atoms with Gasteiger partial charge in [0, 0.05) is 18.1 Å². The average molecular weight is 233 g/mol. The molecule has 0 aliphatic rings. The van der Waals surface area contributed by atoms with E-state index in [9.17, 15) is 0 Å². The normalized spacial score (nSPS) is 10.6. The first-order valence-electron chi connectivity index (χ1n) is 5.30. The number of methoxy groups -OCH3 is 1. The minimum atomic E-state index is 0.773. The topological polar surface area (TPSA) is 22.1 Å². The van der Waals surface area contributed by atoms with Crippen LogP contribution in [0, 0.1) is 6.92 Å². The first kappa shape index (κ1) is 11.3. The van der Waals surface area contributed by atoms with Gasteiger partial charge >= 0.3 is 0 Å². The molecular weight excluding hydrogens is 218 g/mol. The van der Waals surface area contributed by atoms with Crippen molar-refractivity contribution in [3.05, 3.63) is 40.2 Å². The third-order valence-electron chi connectivity index (χ3n) is 2.46. The Morgan fingerprint density at radius 3 is 2.56 bits per heavy atom. The Morgan fingerprint density at radius 1 is 1.25 bits per heavy atom. The number of hydrogen-bond donors (Lipinski definition) is 0. The van der Waals surface area contributed by atoms with Gasteiger partial charge < -0.3 is 4.74 Å². The molecule has 0 atom stereocenters. The lowest BCUT2D eigenvalue weighted by atomic mass is 10.1. The molecule has 2 aromatic rings. The number of hydrogen-bond acceptors (Lipinski definition) is 3. The van der Waals surface area contributed by atoms with Crippen LogP contribution in [0.1, 0.15) is 10.6 Å². The van der Waals surface area contributed by atoms with Gasteiger partial charge in [0.05, 0.1) is 17.3 Å². The number of ether oxygens (including phenoxy) is 1. The van der Waals surface area contributed by atoms with Gasteiger partial charge in [0.15, 0.2) is 0 Å². The summed E-state index contributed by atoms with van der Waals surface area (Å²) in [6, 6.07) is 8.53. The number of aromatic nitrogens is 1. The van der Waals surface area contributed by atoms with Gasteiger partial charge in [-0.25, -0.2) is 4.98 Å². The highest BCUT2D eigenvalue weighted by molar-refractivity contribution is 7.09. The minimum Gasteiger partial charge on any atom is -0.384 e. The Labute approximate surface area is 99.9 Å². The Bertz CT molecular complexity index is 447. The molecule has 0 fully saturated rings. The fourth-order valence-corrected chi connectivity index (χ4v) is 2.18. The zero-order chi connectivity index (χ0) is 11.4. The molecule has 0 spiro atoms. The van der Waals surface area contributed by atoms with Crippen molar-refractivity contribution in [3.63, 3.8) is 0 Å². The van der Waals surface area contributed by atoms with Gasteiger partial charge in [0.25, 0.3) is 0 Å². The third kappa shape index (κ3) is 2.68. The molecule has 2 rings (SSSR count). The predicted octanol–water partition coefficient (Wildman–Crippen LogP) is 3.31. The average Bonchev–Trinajstić information content (AvgIpc) is 2.74. The summed E-state index contributed by atoms with van der Waals surface area (Å²) in [6.45, 7) is 2.80. The highest BCUT2D eigenvalue weighted by Crippen LogP contribution is 2.21. The molecule has 0 saturated heterocycles. The van der Waals surface area contributed by atoms with Crippen LogP contribution in [-0.2, 0) is 11.2 Å². The molecule has 0 unspecified atom stereocenters. The van der Waals surface area contributed by atoms with Gasteiger partial charge in [0.1, 0.15) is 0 Å². The number of rotatable bonds is 4. The maximum Gasteiger partial charge on any atom is 0.0901 e. The lowest BCUT2D eigenvalue weighted by Gasteiger charge is -2.01. The highest BCUT2D eigenvalue weighted by Gasteiger charge is 2.01. The Hall–Kier alpha value is -1.19. The molecule has 0 radical (unpaired) electrons. The SMILES string of the molecule is COCCc1ccc(-c2csc(C)n2)cc1. The largest absolute Gasteiger partial charge is 0.384 e. The Kier molecular flexibility index (Phi) is 3.70. The van der Waals surface area contributed by atoms with Crippen molar-refractivity contribution in [2.24, 2.45) is 0 Å². The second kappa shape index (κ2) is 5.23. The summed E-state index contributed by atoms with van der Waals surface area (Å²) >= 11 is 1.69. The van der Waals surface area contributed by atoms with Gasteiger partial charge in [-0.2, -0.15) is 0 Å². The van der Waals surface area contributed by atoms with Crippen molar-refractivity contribution < 1.29 is 4.74 Å². The minimum absolute atomic E-state index is 0.773. The van der Waals surface area contributed by atoms with E-state index in [1.54, 1.807) is 18.4 Å². The van der Waals surface area contributed by atoms with E-state index < -0.39 is 0 Å². The van der Waals surface area contributed by atoms with Crippen molar-refractivity contribution in [1.29, 1.82) is 0 Å². The van der Waals surface area contributed by atoms with Crippen LogP contribution in [0.15, 0.2) is 29.6 Å². The van der Waals surface area contributed by atoms with E-state index in [4.69, 9.17) is 4.74 Å². The van der Waals surface area contributed by atoms with Crippen LogP contribution in [0.5, 0.6) is 0 Å². The van der Waals surface area contributed by atoms with Crippen LogP contribution in [0.25, 0.3) is 11.3 Å². The lowest BCUT2D eigenvalue weighted by Crippen LogP contribution is -1.93. The molecular formula is C13H15NOS. The number of benzene rings is 1. The summed E-state index contributed by atoms with van der Waals surface area (Å²) in [5.74, 6) is 0. The smallest absolute Gasteiger partial charge is 0.0901 e. The fraction of sp³-hybridized carbons (Fsp3) is 0.308. The molecule has 0 N–H and O–H groups in total. The zero-order valence-corrected chi connectivity index (χ0v) is 10.4. The van der Waals surface area contributed by atoms with Crippen LogP contribution >= 0.6 is 11.3 Å². The van der Waals surface area contributed by atoms with E-state index in [1.807, 2.05) is 6.92 Å². The number of nitrogens with zero attached hydrogens (tertiary/aromatic N) is 1. The van der Waals surface area contributed by atoms with Crippen molar-refractivity contribution in [3.8, 4) is 11.3 Å². The maximum atomic E-state index is 5.05. The quantitative estimate of drug-likeness (QED) is 0.808. The van der Waals surface area contributed by atoms with Crippen LogP contribution in [0.2, 0.25) is 0 Å². The zero-order valence-electron chi connectivity index (χ0n) is 9.56. The first-order chi connectivity index (χ1) is 7.79. The summed E-state index contributed by atoms with van der Waals surface area (Å²) in [5.41, 5.74) is 3.56. The van der Waals surface area contributed by atoms with Gasteiger partial charge in [-0.05, 0) is 18.9 Å². The van der Waals surface area contributed by atoms with E-state index >= 15 is 0 Å². The molecule has 0 saturated carbocycles. The van der Waals surface area contributed by atoms with E-state index in [1.165, 1.54) is 11.1 Å². The van der Waals surface area contributed by atoms with E-state index in [-0.39, 0.29) is 0 Å². The monoisotopic (exact) mass is 233 g/mol. The summed E-state index contributed by atoms with van der Waals surface area (Å²) in [7, 11) is 1.73. The molecule has 1 aromatic carbocycles. The van der Waals surface area contributed by atoms with Gasteiger partial charge in [0.2, 0.25) is 0 Å². The van der Waals surface area contributed by atoms with Gasteiger partial charge in [-0.1, -0.05) is 24.3 Å². The number of thiazole rings is 1. The second-order valence-corrected chi connectivity index (χ2v) is 4.75. The Morgan fingerprint density at radius 2 is 2.00 bits per heavy atom. The van der Waals surface area contributed by atoms with Gasteiger partial charge in [-0.3, -0.25) is 0 Å². The lowest BCUT2D eigenvalue weighted by molar-refractivity contribution is 0.202. The molecule has 84 valence electrons. The predicted molar refractivity (Wildman–Crippen MR) is 67.9 cm³/mol. The van der Waals surface area contributed by atoms with E-state index in [0.717, 1.165) is 23.7 Å². The van der Waals surface area contributed by atoms with E-state index in [0.29, 0.717) is 0 Å². The van der Waals surface area contributed by atoms with Crippen LogP contribution in [0.4, 0.5) is 0 Å².